The van der Waals surface area contributed by atoms with E-state index in [9.17, 15) is 4.79 Å². The second-order valence-electron chi connectivity index (χ2n) is 6.56. The number of hydrazine groups is 1. The van der Waals surface area contributed by atoms with Crippen LogP contribution in [0.3, 0.4) is 0 Å². The molecule has 0 radical (unpaired) electrons. The van der Waals surface area contributed by atoms with Crippen LogP contribution < -0.4 is 20.9 Å². The van der Waals surface area contributed by atoms with E-state index in [1.54, 1.807) is 13.3 Å². The quantitative estimate of drug-likeness (QED) is 0.743. The number of carbonyl (C=O) groups excluding carboxylic acids is 1. The van der Waals surface area contributed by atoms with Crippen molar-refractivity contribution in [3.8, 4) is 5.75 Å². The van der Waals surface area contributed by atoms with Crippen LogP contribution in [0, 0.1) is 12.8 Å². The molecule has 1 aromatic carbocycles. The maximum atomic E-state index is 13.0. The molecule has 0 saturated carbocycles. The molecule has 2 aromatic rings. The van der Waals surface area contributed by atoms with Crippen molar-refractivity contribution in [1.82, 2.24) is 21.2 Å². The minimum absolute atomic E-state index is 0.0206. The molecular formula is C20H26N4O2. The fourth-order valence-corrected chi connectivity index (χ4v) is 3.40. The summed E-state index contributed by atoms with van der Waals surface area (Å²) in [5, 5.41) is 3.18. The molecule has 3 atom stereocenters. The Morgan fingerprint density at radius 2 is 2.23 bits per heavy atom. The van der Waals surface area contributed by atoms with Crippen LogP contribution >= 0.6 is 0 Å². The summed E-state index contributed by atoms with van der Waals surface area (Å²) in [5.74, 6) is 0.596. The van der Waals surface area contributed by atoms with Crippen LogP contribution in [0.15, 0.2) is 42.6 Å². The lowest BCUT2D eigenvalue weighted by atomic mass is 9.93. The van der Waals surface area contributed by atoms with Gasteiger partial charge < -0.3 is 10.1 Å². The lowest BCUT2D eigenvalue weighted by Crippen LogP contribution is -2.37. The van der Waals surface area contributed by atoms with Crippen molar-refractivity contribution in [2.75, 3.05) is 13.7 Å². The smallest absolute Gasteiger partial charge is 0.226 e. The third-order valence-corrected chi connectivity index (χ3v) is 4.88. The van der Waals surface area contributed by atoms with Gasteiger partial charge in [-0.1, -0.05) is 25.1 Å². The number of hydrogen-bond donors (Lipinski definition) is 3. The summed E-state index contributed by atoms with van der Waals surface area (Å²) >= 11 is 0. The van der Waals surface area contributed by atoms with Gasteiger partial charge in [-0.3, -0.25) is 15.2 Å². The molecule has 2 heterocycles. The zero-order chi connectivity index (χ0) is 18.5. The second-order valence-corrected chi connectivity index (χ2v) is 6.56. The minimum Gasteiger partial charge on any atom is -0.497 e. The molecule has 138 valence electrons. The van der Waals surface area contributed by atoms with Gasteiger partial charge in [0.05, 0.1) is 30.8 Å². The van der Waals surface area contributed by atoms with Gasteiger partial charge in [0.2, 0.25) is 5.91 Å². The summed E-state index contributed by atoms with van der Waals surface area (Å²) in [5.41, 5.74) is 9.37. The summed E-state index contributed by atoms with van der Waals surface area (Å²) in [6.45, 7) is 4.66. The molecule has 1 aromatic heterocycles. The third-order valence-electron chi connectivity index (χ3n) is 4.88. The monoisotopic (exact) mass is 354 g/mol. The van der Waals surface area contributed by atoms with E-state index in [-0.39, 0.29) is 23.9 Å². The van der Waals surface area contributed by atoms with Gasteiger partial charge in [0, 0.05) is 12.7 Å². The Hall–Kier alpha value is -2.44. The first kappa shape index (κ1) is 18.4. The molecule has 1 aliphatic heterocycles. The number of hydrogen-bond acceptors (Lipinski definition) is 5. The number of methoxy groups -OCH3 is 1. The lowest BCUT2D eigenvalue weighted by molar-refractivity contribution is -0.125. The first-order chi connectivity index (χ1) is 12.6. The van der Waals surface area contributed by atoms with Crippen molar-refractivity contribution in [2.45, 2.75) is 32.4 Å². The molecule has 1 aliphatic rings. The summed E-state index contributed by atoms with van der Waals surface area (Å²) in [6, 6.07) is 11.6. The molecule has 0 bridgehead atoms. The highest BCUT2D eigenvalue weighted by molar-refractivity contribution is 5.80. The first-order valence-corrected chi connectivity index (χ1v) is 8.98. The van der Waals surface area contributed by atoms with E-state index in [1.165, 1.54) is 0 Å². The van der Waals surface area contributed by atoms with Crippen molar-refractivity contribution < 1.29 is 9.53 Å². The summed E-state index contributed by atoms with van der Waals surface area (Å²) in [4.78, 5) is 17.5. The summed E-state index contributed by atoms with van der Waals surface area (Å²) in [6.07, 6.45) is 2.57. The van der Waals surface area contributed by atoms with Gasteiger partial charge in [-0.05, 0) is 42.7 Å². The molecule has 1 amide bonds. The largest absolute Gasteiger partial charge is 0.497 e. The van der Waals surface area contributed by atoms with Crippen LogP contribution in [0.2, 0.25) is 0 Å². The molecule has 1 fully saturated rings. The predicted molar refractivity (Wildman–Crippen MR) is 101 cm³/mol. The Morgan fingerprint density at radius 3 is 2.96 bits per heavy atom. The SMILES string of the molecule is CCC(NC(=O)C1CNNC1c1cccc(OC)c1)c1ncccc1C. The van der Waals surface area contributed by atoms with Crippen LogP contribution in [0.4, 0.5) is 0 Å². The fourth-order valence-electron chi connectivity index (χ4n) is 3.40. The van der Waals surface area contributed by atoms with Gasteiger partial charge in [-0.25, -0.2) is 5.43 Å². The van der Waals surface area contributed by atoms with Crippen molar-refractivity contribution in [2.24, 2.45) is 5.92 Å². The zero-order valence-corrected chi connectivity index (χ0v) is 15.5. The molecule has 3 rings (SSSR count). The number of pyridine rings is 1. The Bertz CT molecular complexity index is 765. The minimum atomic E-state index is -0.208. The molecule has 0 spiro atoms. The number of aromatic nitrogens is 1. The van der Waals surface area contributed by atoms with Gasteiger partial charge in [0.1, 0.15) is 5.75 Å². The molecule has 6 nitrogen and oxygen atoms in total. The third kappa shape index (κ3) is 3.86. The highest BCUT2D eigenvalue weighted by atomic mass is 16.5. The molecule has 0 aliphatic carbocycles. The van der Waals surface area contributed by atoms with Crippen LogP contribution in [0.1, 0.15) is 42.2 Å². The number of benzene rings is 1. The Balaban J connectivity index is 1.76. The highest BCUT2D eigenvalue weighted by Gasteiger charge is 2.35. The molecule has 3 unspecified atom stereocenters. The van der Waals surface area contributed by atoms with Crippen molar-refractivity contribution in [3.63, 3.8) is 0 Å². The molecular weight excluding hydrogens is 328 g/mol. The zero-order valence-electron chi connectivity index (χ0n) is 15.5. The van der Waals surface area contributed by atoms with Gasteiger partial charge in [0.25, 0.3) is 0 Å². The molecule has 6 heteroatoms. The number of aryl methyl sites for hydroxylation is 1. The van der Waals surface area contributed by atoms with E-state index < -0.39 is 0 Å². The van der Waals surface area contributed by atoms with E-state index in [4.69, 9.17) is 4.74 Å². The first-order valence-electron chi connectivity index (χ1n) is 8.98. The van der Waals surface area contributed by atoms with E-state index in [0.29, 0.717) is 6.54 Å². The number of nitrogens with zero attached hydrogens (tertiary/aromatic N) is 1. The Labute approximate surface area is 154 Å². The fraction of sp³-hybridized carbons (Fsp3) is 0.400. The summed E-state index contributed by atoms with van der Waals surface area (Å²) < 4.78 is 5.31. The maximum absolute atomic E-state index is 13.0. The second kappa shape index (κ2) is 8.29. The number of nitrogens with one attached hydrogen (secondary N) is 3. The number of carbonyl (C=O) groups is 1. The normalized spacial score (nSPS) is 20.6. The van der Waals surface area contributed by atoms with E-state index in [1.807, 2.05) is 43.3 Å². The Kier molecular flexibility index (Phi) is 5.85. The highest BCUT2D eigenvalue weighted by Crippen LogP contribution is 2.28. The van der Waals surface area contributed by atoms with Gasteiger partial charge in [-0.2, -0.15) is 0 Å². The standard InChI is InChI=1S/C20H26N4O2/c1-4-17(18-13(2)7-6-10-21-18)23-20(25)16-12-22-24-19(16)14-8-5-9-15(11-14)26-3/h5-11,16-17,19,22,24H,4,12H2,1-3H3,(H,23,25). The maximum Gasteiger partial charge on any atom is 0.226 e. The molecule has 26 heavy (non-hydrogen) atoms. The average Bonchev–Trinajstić information content (AvgIpc) is 3.16. The van der Waals surface area contributed by atoms with Crippen LogP contribution in [-0.2, 0) is 4.79 Å². The Morgan fingerprint density at radius 1 is 1.38 bits per heavy atom. The van der Waals surface area contributed by atoms with Crippen LogP contribution in [-0.4, -0.2) is 24.5 Å². The van der Waals surface area contributed by atoms with Gasteiger partial charge >= 0.3 is 0 Å². The number of rotatable bonds is 6. The summed E-state index contributed by atoms with van der Waals surface area (Å²) in [7, 11) is 1.64. The van der Waals surface area contributed by atoms with E-state index in [2.05, 4.69) is 28.1 Å². The van der Waals surface area contributed by atoms with Gasteiger partial charge in [0.15, 0.2) is 0 Å². The van der Waals surface area contributed by atoms with Crippen molar-refractivity contribution >= 4 is 5.91 Å². The van der Waals surface area contributed by atoms with E-state index >= 15 is 0 Å². The topological polar surface area (TPSA) is 75.3 Å². The van der Waals surface area contributed by atoms with Crippen LogP contribution in [0.5, 0.6) is 5.75 Å². The molecule has 1 saturated heterocycles. The van der Waals surface area contributed by atoms with Crippen molar-refractivity contribution in [1.29, 1.82) is 0 Å². The number of amides is 1. The predicted octanol–water partition coefficient (Wildman–Crippen LogP) is 2.43. The van der Waals surface area contributed by atoms with E-state index in [0.717, 1.165) is 29.0 Å². The number of ether oxygens (including phenoxy) is 1. The van der Waals surface area contributed by atoms with Gasteiger partial charge in [-0.15, -0.1) is 0 Å². The lowest BCUT2D eigenvalue weighted by Gasteiger charge is -2.23. The van der Waals surface area contributed by atoms with Crippen LogP contribution in [0.25, 0.3) is 0 Å². The van der Waals surface area contributed by atoms with Crippen molar-refractivity contribution in [3.05, 3.63) is 59.4 Å². The average molecular weight is 354 g/mol. The molecule has 3 N–H and O–H groups in total.